The number of rotatable bonds is 5. The minimum Gasteiger partial charge on any atom is -0.289 e. The van der Waals surface area contributed by atoms with E-state index in [2.05, 4.69) is 15.1 Å². The summed E-state index contributed by atoms with van der Waals surface area (Å²) in [6.45, 7) is 1.97. The van der Waals surface area contributed by atoms with Gasteiger partial charge in [0.15, 0.2) is 5.82 Å². The van der Waals surface area contributed by atoms with E-state index in [0.29, 0.717) is 18.5 Å². The van der Waals surface area contributed by atoms with Gasteiger partial charge in [0.25, 0.3) is 0 Å². The molecule has 8 nitrogen and oxygen atoms in total. The number of piperidine rings is 1. The Morgan fingerprint density at radius 1 is 1.05 bits per heavy atom. The number of Topliss-reactive ketones (excluding diaryl/α,β-unsaturated/α-hetero) is 1. The fraction of sp³-hybridized carbons (Fsp3) is 0.214. The third-order valence-corrected chi connectivity index (χ3v) is 9.04. The molecule has 1 aliphatic carbocycles. The van der Waals surface area contributed by atoms with Crippen molar-refractivity contribution in [3.63, 3.8) is 0 Å². The van der Waals surface area contributed by atoms with Gasteiger partial charge in [-0.15, -0.1) is 0 Å². The van der Waals surface area contributed by atoms with Gasteiger partial charge < -0.3 is 0 Å². The van der Waals surface area contributed by atoms with Crippen LogP contribution < -0.4 is 0 Å². The molecule has 2 aromatic carbocycles. The zero-order valence-electron chi connectivity index (χ0n) is 20.5. The van der Waals surface area contributed by atoms with Crippen LogP contribution in [0.3, 0.4) is 0 Å². The van der Waals surface area contributed by atoms with E-state index in [1.807, 2.05) is 19.1 Å². The maximum absolute atomic E-state index is 13.9. The van der Waals surface area contributed by atoms with Crippen LogP contribution in [0.2, 0.25) is 0 Å². The van der Waals surface area contributed by atoms with Gasteiger partial charge in [-0.05, 0) is 79.4 Å². The smallest absolute Gasteiger partial charge is 0.243 e. The van der Waals surface area contributed by atoms with Gasteiger partial charge in [0, 0.05) is 24.9 Å². The molecule has 192 valence electrons. The van der Waals surface area contributed by atoms with E-state index in [1.165, 1.54) is 28.8 Å². The highest BCUT2D eigenvalue weighted by Crippen LogP contribution is 2.41. The minimum absolute atomic E-state index is 0.0176. The Kier molecular flexibility index (Phi) is 6.00. The summed E-state index contributed by atoms with van der Waals surface area (Å²) in [5, 5.41) is 4.52. The number of aromatic nitrogens is 4. The number of halogens is 1. The molecular formula is C28H24FN5O3S. The fourth-order valence-electron chi connectivity index (χ4n) is 5.35. The molecule has 0 N–H and O–H groups in total. The largest absolute Gasteiger partial charge is 0.289 e. The van der Waals surface area contributed by atoms with Gasteiger partial charge >= 0.3 is 0 Å². The zero-order chi connectivity index (χ0) is 26.4. The minimum atomic E-state index is -3.98. The fourth-order valence-corrected chi connectivity index (χ4v) is 7.08. The average molecular weight is 530 g/mol. The molecule has 2 aliphatic rings. The van der Waals surface area contributed by atoms with Crippen molar-refractivity contribution < 1.29 is 17.6 Å². The third-order valence-electron chi connectivity index (χ3n) is 7.16. The summed E-state index contributed by atoms with van der Waals surface area (Å²) >= 11 is 0. The van der Waals surface area contributed by atoms with E-state index < -0.39 is 27.8 Å². The number of carbonyl (C=O) groups is 1. The van der Waals surface area contributed by atoms with Gasteiger partial charge in [-0.25, -0.2) is 27.5 Å². The number of hydrogen-bond acceptors (Lipinski definition) is 6. The number of fused-ring (bicyclic) bond motifs is 2. The zero-order valence-corrected chi connectivity index (χ0v) is 21.3. The maximum Gasteiger partial charge on any atom is 0.243 e. The van der Waals surface area contributed by atoms with Crippen molar-refractivity contribution in [2.75, 3.05) is 6.54 Å². The van der Waals surface area contributed by atoms with Gasteiger partial charge in [0.2, 0.25) is 15.8 Å². The first-order valence-corrected chi connectivity index (χ1v) is 13.7. The van der Waals surface area contributed by atoms with Gasteiger partial charge in [0.1, 0.15) is 5.82 Å². The lowest BCUT2D eigenvalue weighted by Gasteiger charge is -2.42. The van der Waals surface area contributed by atoms with Crippen LogP contribution in [0.4, 0.5) is 4.39 Å². The standard InChI is InChI=1S/C28H24FN5O3S/c1-18-4-2-5-23(14-18)38(36,37)33-13-10-19-16-25-20(17-32-34(25)22-8-6-21(29)7-9-22)15-24(19)26(33)27(35)28-30-11-3-12-31-28/h2-9,11-12,14,16-17,24,26H,10,13,15H2,1H3/t24?,26-/m0/s1. The first-order valence-electron chi connectivity index (χ1n) is 12.3. The number of nitrogens with zero attached hydrogens (tertiary/aromatic N) is 5. The summed E-state index contributed by atoms with van der Waals surface area (Å²) in [7, 11) is -3.98. The molecule has 3 heterocycles. The van der Waals surface area contributed by atoms with Crippen LogP contribution in [0.1, 0.15) is 33.9 Å². The van der Waals surface area contributed by atoms with E-state index in [4.69, 9.17) is 0 Å². The predicted molar refractivity (Wildman–Crippen MR) is 139 cm³/mol. The van der Waals surface area contributed by atoms with Crippen LogP contribution in [0.25, 0.3) is 11.8 Å². The normalized spacial score (nSPS) is 19.4. The Hall–Kier alpha value is -4.02. The lowest BCUT2D eigenvalue weighted by molar-refractivity contribution is 0.0815. The van der Waals surface area contributed by atoms with Crippen molar-refractivity contribution in [2.45, 2.75) is 30.7 Å². The highest BCUT2D eigenvalue weighted by Gasteiger charge is 2.47. The number of hydrogen-bond donors (Lipinski definition) is 0. The lowest BCUT2D eigenvalue weighted by atomic mass is 9.76. The Labute approximate surface area is 219 Å². The molecule has 38 heavy (non-hydrogen) atoms. The molecular weight excluding hydrogens is 505 g/mol. The van der Waals surface area contributed by atoms with Crippen molar-refractivity contribution >= 4 is 21.9 Å². The number of carbonyl (C=O) groups excluding carboxylic acids is 1. The van der Waals surface area contributed by atoms with Crippen LogP contribution in [0.5, 0.6) is 0 Å². The predicted octanol–water partition coefficient (Wildman–Crippen LogP) is 4.01. The van der Waals surface area contributed by atoms with E-state index in [1.54, 1.807) is 47.3 Å². The van der Waals surface area contributed by atoms with Crippen LogP contribution >= 0.6 is 0 Å². The van der Waals surface area contributed by atoms with Crippen molar-refractivity contribution in [1.29, 1.82) is 0 Å². The summed E-state index contributed by atoms with van der Waals surface area (Å²) in [4.78, 5) is 22.3. The SMILES string of the molecule is Cc1cccc(S(=O)(=O)N2CCC3=Cc4c(cnn4-c4ccc(F)cc4)CC3[C@H]2C(=O)c2ncccn2)c1. The second-order valence-electron chi connectivity index (χ2n) is 9.54. The molecule has 1 fully saturated rings. The molecule has 0 spiro atoms. The summed E-state index contributed by atoms with van der Waals surface area (Å²) in [5.74, 6) is -1.19. The molecule has 1 saturated heterocycles. The van der Waals surface area contributed by atoms with Crippen molar-refractivity contribution in [3.05, 3.63) is 107 Å². The molecule has 2 aromatic heterocycles. The summed E-state index contributed by atoms with van der Waals surface area (Å²) < 4.78 is 44.3. The number of ketones is 1. The van der Waals surface area contributed by atoms with Crippen LogP contribution in [0.15, 0.2) is 83.7 Å². The second-order valence-corrected chi connectivity index (χ2v) is 11.4. The van der Waals surface area contributed by atoms with E-state index >= 15 is 0 Å². The summed E-state index contributed by atoms with van der Waals surface area (Å²) in [5.41, 5.74) is 4.22. The van der Waals surface area contributed by atoms with E-state index in [9.17, 15) is 17.6 Å². The first-order chi connectivity index (χ1) is 18.3. The van der Waals surface area contributed by atoms with Crippen molar-refractivity contribution in [2.24, 2.45) is 5.92 Å². The monoisotopic (exact) mass is 529 g/mol. The second kappa shape index (κ2) is 9.38. The number of sulfonamides is 1. The Bertz CT molecular complexity index is 1670. The van der Waals surface area contributed by atoms with Gasteiger partial charge in [-0.3, -0.25) is 4.79 Å². The molecule has 0 amide bonds. The van der Waals surface area contributed by atoms with Crippen LogP contribution in [-0.4, -0.2) is 50.8 Å². The molecule has 4 aromatic rings. The Morgan fingerprint density at radius 2 is 1.82 bits per heavy atom. The van der Waals surface area contributed by atoms with E-state index in [-0.39, 0.29) is 23.1 Å². The quantitative estimate of drug-likeness (QED) is 0.363. The topological polar surface area (TPSA) is 98.1 Å². The summed E-state index contributed by atoms with van der Waals surface area (Å²) in [6, 6.07) is 13.4. The molecule has 0 radical (unpaired) electrons. The van der Waals surface area contributed by atoms with Gasteiger partial charge in [-0.1, -0.05) is 17.7 Å². The highest BCUT2D eigenvalue weighted by molar-refractivity contribution is 7.89. The average Bonchev–Trinajstić information content (AvgIpc) is 3.34. The summed E-state index contributed by atoms with van der Waals surface area (Å²) in [6.07, 6.45) is 7.55. The molecule has 0 saturated carbocycles. The number of aryl methyl sites for hydroxylation is 1. The molecule has 10 heteroatoms. The first kappa shape index (κ1) is 24.3. The van der Waals surface area contributed by atoms with E-state index in [0.717, 1.165) is 22.4 Å². The van der Waals surface area contributed by atoms with Crippen LogP contribution in [-0.2, 0) is 16.4 Å². The molecule has 2 atom stereocenters. The lowest BCUT2D eigenvalue weighted by Crippen LogP contribution is -2.54. The molecule has 1 unspecified atom stereocenters. The van der Waals surface area contributed by atoms with Gasteiger partial charge in [-0.2, -0.15) is 9.40 Å². The maximum atomic E-state index is 13.9. The highest BCUT2D eigenvalue weighted by atomic mass is 32.2. The Balaban J connectivity index is 1.43. The molecule has 1 aliphatic heterocycles. The molecule has 6 rings (SSSR count). The number of benzene rings is 2. The van der Waals surface area contributed by atoms with Crippen LogP contribution in [0, 0.1) is 18.7 Å². The Morgan fingerprint density at radius 3 is 2.55 bits per heavy atom. The van der Waals surface area contributed by atoms with Crippen molar-refractivity contribution in [1.82, 2.24) is 24.1 Å². The van der Waals surface area contributed by atoms with Crippen molar-refractivity contribution in [3.8, 4) is 5.69 Å². The molecule has 0 bridgehead atoms. The van der Waals surface area contributed by atoms with Gasteiger partial charge in [0.05, 0.1) is 28.5 Å². The third kappa shape index (κ3) is 4.15.